The first-order valence-electron chi connectivity index (χ1n) is 12.8. The van der Waals surface area contributed by atoms with E-state index < -0.39 is 0 Å². The molecule has 2 aromatic heterocycles. The second kappa shape index (κ2) is 11.5. The summed E-state index contributed by atoms with van der Waals surface area (Å²) < 4.78 is 7.49. The number of H-pyrrole nitrogens is 1. The van der Waals surface area contributed by atoms with Crippen molar-refractivity contribution in [2.75, 3.05) is 39.3 Å². The molecule has 5 rings (SSSR count). The minimum atomic E-state index is -0.138. The molecule has 1 unspecified atom stereocenters. The van der Waals surface area contributed by atoms with Gasteiger partial charge in [-0.3, -0.25) is 14.3 Å². The number of carbonyl (C=O) groups is 1. The van der Waals surface area contributed by atoms with Crippen molar-refractivity contribution in [3.63, 3.8) is 0 Å². The maximum atomic E-state index is 11.8. The van der Waals surface area contributed by atoms with Crippen LogP contribution in [-0.2, 0) is 16.0 Å². The molecular weight excluding hydrogens is 452 g/mol. The van der Waals surface area contributed by atoms with Gasteiger partial charge in [0.25, 0.3) is 0 Å². The van der Waals surface area contributed by atoms with Crippen LogP contribution in [0.2, 0.25) is 0 Å². The molecule has 188 valence electrons. The van der Waals surface area contributed by atoms with Gasteiger partial charge in [0.15, 0.2) is 0 Å². The average molecular weight is 487 g/mol. The molecule has 1 aliphatic rings. The fourth-order valence-electron chi connectivity index (χ4n) is 5.02. The number of aromatic amines is 1. The molecule has 0 bridgehead atoms. The van der Waals surface area contributed by atoms with E-state index in [4.69, 9.17) is 4.74 Å². The van der Waals surface area contributed by atoms with Crippen molar-refractivity contribution in [2.24, 2.45) is 0 Å². The highest BCUT2D eigenvalue weighted by Crippen LogP contribution is 2.25. The maximum absolute atomic E-state index is 11.8. The second-order valence-corrected chi connectivity index (χ2v) is 9.36. The van der Waals surface area contributed by atoms with E-state index in [1.54, 1.807) is 12.7 Å². The van der Waals surface area contributed by atoms with E-state index in [2.05, 4.69) is 73.6 Å². The Kier molecular flexibility index (Phi) is 7.73. The van der Waals surface area contributed by atoms with Gasteiger partial charge in [0.2, 0.25) is 0 Å². The number of nitrogens with one attached hydrogen (secondary N) is 1. The third kappa shape index (κ3) is 5.66. The number of benzene rings is 2. The monoisotopic (exact) mass is 486 g/mol. The molecule has 1 fully saturated rings. The SMILES string of the molecule is CCC(=O)OCC(c1ccccc1)N1CCN(CCCc2c[nH]c3ccc(-n4cnnc4)cc23)CC1. The Bertz CT molecular complexity index is 1250. The number of nitrogens with zero attached hydrogens (tertiary/aromatic N) is 5. The van der Waals surface area contributed by atoms with E-state index >= 15 is 0 Å². The van der Waals surface area contributed by atoms with Gasteiger partial charge in [-0.1, -0.05) is 37.3 Å². The second-order valence-electron chi connectivity index (χ2n) is 9.36. The first-order valence-corrected chi connectivity index (χ1v) is 12.8. The molecule has 0 amide bonds. The van der Waals surface area contributed by atoms with Crippen molar-refractivity contribution in [1.29, 1.82) is 0 Å². The van der Waals surface area contributed by atoms with Crippen LogP contribution < -0.4 is 0 Å². The van der Waals surface area contributed by atoms with E-state index in [0.717, 1.165) is 56.8 Å². The molecule has 1 atom stereocenters. The Hall–Kier alpha value is -3.49. The van der Waals surface area contributed by atoms with Crippen LogP contribution in [0.4, 0.5) is 0 Å². The first kappa shape index (κ1) is 24.2. The summed E-state index contributed by atoms with van der Waals surface area (Å²) in [6.07, 6.45) is 8.15. The van der Waals surface area contributed by atoms with E-state index in [-0.39, 0.29) is 12.0 Å². The number of esters is 1. The number of rotatable bonds is 10. The topological polar surface area (TPSA) is 79.3 Å². The summed E-state index contributed by atoms with van der Waals surface area (Å²) in [5.41, 5.74) is 4.79. The van der Waals surface area contributed by atoms with Crippen LogP contribution in [-0.4, -0.2) is 74.8 Å². The molecule has 1 aliphatic heterocycles. The van der Waals surface area contributed by atoms with Crippen LogP contribution in [0.25, 0.3) is 16.6 Å². The van der Waals surface area contributed by atoms with Gasteiger partial charge in [-0.05, 0) is 48.7 Å². The number of piperazine rings is 1. The summed E-state index contributed by atoms with van der Waals surface area (Å²) in [7, 11) is 0. The van der Waals surface area contributed by atoms with Crippen molar-refractivity contribution in [3.8, 4) is 5.69 Å². The van der Waals surface area contributed by atoms with Crippen molar-refractivity contribution < 1.29 is 9.53 Å². The highest BCUT2D eigenvalue weighted by atomic mass is 16.5. The number of fused-ring (bicyclic) bond motifs is 1. The first-order chi connectivity index (χ1) is 17.7. The van der Waals surface area contributed by atoms with E-state index in [9.17, 15) is 4.79 Å². The molecule has 8 heteroatoms. The fourth-order valence-corrected chi connectivity index (χ4v) is 5.02. The minimum absolute atomic E-state index is 0.106. The molecule has 8 nitrogen and oxygen atoms in total. The summed E-state index contributed by atoms with van der Waals surface area (Å²) in [5.74, 6) is -0.138. The van der Waals surface area contributed by atoms with Crippen molar-refractivity contribution in [2.45, 2.75) is 32.2 Å². The number of carbonyl (C=O) groups excluding carboxylic acids is 1. The highest BCUT2D eigenvalue weighted by Gasteiger charge is 2.26. The third-order valence-corrected chi connectivity index (χ3v) is 7.11. The van der Waals surface area contributed by atoms with Crippen LogP contribution >= 0.6 is 0 Å². The van der Waals surface area contributed by atoms with E-state index in [1.807, 2.05) is 17.6 Å². The van der Waals surface area contributed by atoms with Crippen LogP contribution in [0.3, 0.4) is 0 Å². The van der Waals surface area contributed by atoms with Gasteiger partial charge in [-0.15, -0.1) is 10.2 Å². The molecule has 0 saturated carbocycles. The molecule has 1 saturated heterocycles. The lowest BCUT2D eigenvalue weighted by atomic mass is 10.0. The Morgan fingerprint density at radius 2 is 1.83 bits per heavy atom. The predicted molar refractivity (Wildman–Crippen MR) is 140 cm³/mol. The van der Waals surface area contributed by atoms with E-state index in [0.29, 0.717) is 13.0 Å². The molecular formula is C28H34N6O2. The minimum Gasteiger partial charge on any atom is -0.464 e. The highest BCUT2D eigenvalue weighted by molar-refractivity contribution is 5.85. The average Bonchev–Trinajstić information content (AvgIpc) is 3.60. The van der Waals surface area contributed by atoms with Gasteiger partial charge in [0, 0.05) is 55.4 Å². The Morgan fingerprint density at radius 1 is 1.06 bits per heavy atom. The van der Waals surface area contributed by atoms with E-state index in [1.165, 1.54) is 16.5 Å². The number of aryl methyl sites for hydroxylation is 1. The molecule has 0 radical (unpaired) electrons. The maximum Gasteiger partial charge on any atom is 0.305 e. The van der Waals surface area contributed by atoms with Gasteiger partial charge in [-0.25, -0.2) is 0 Å². The Morgan fingerprint density at radius 3 is 2.58 bits per heavy atom. The summed E-state index contributed by atoms with van der Waals surface area (Å²) in [6.45, 7) is 7.32. The summed E-state index contributed by atoms with van der Waals surface area (Å²) in [5, 5.41) is 9.10. The molecule has 36 heavy (non-hydrogen) atoms. The lowest BCUT2D eigenvalue weighted by molar-refractivity contribution is -0.145. The largest absolute Gasteiger partial charge is 0.464 e. The molecule has 3 heterocycles. The van der Waals surface area contributed by atoms with Gasteiger partial charge in [0.1, 0.15) is 19.3 Å². The van der Waals surface area contributed by atoms with Gasteiger partial charge >= 0.3 is 5.97 Å². The zero-order valence-electron chi connectivity index (χ0n) is 20.8. The van der Waals surface area contributed by atoms with Gasteiger partial charge in [0.05, 0.1) is 6.04 Å². The summed E-state index contributed by atoms with van der Waals surface area (Å²) in [6, 6.07) is 16.9. The van der Waals surface area contributed by atoms with Gasteiger partial charge < -0.3 is 14.6 Å². The number of aromatic nitrogens is 4. The standard InChI is InChI=1S/C28H34N6O2/c1-2-28(35)36-19-27(22-7-4-3-5-8-22)33-15-13-32(14-16-33)12-6-9-23-18-29-26-11-10-24(17-25(23)26)34-20-30-31-21-34/h3-5,7-8,10-11,17-18,20-21,27,29H,2,6,9,12-16,19H2,1H3. The Balaban J connectivity index is 1.15. The van der Waals surface area contributed by atoms with Crippen molar-refractivity contribution in [3.05, 3.63) is 78.5 Å². The quantitative estimate of drug-likeness (QED) is 0.342. The summed E-state index contributed by atoms with van der Waals surface area (Å²) >= 11 is 0. The smallest absolute Gasteiger partial charge is 0.305 e. The Labute approximate surface area is 211 Å². The van der Waals surface area contributed by atoms with Crippen molar-refractivity contribution >= 4 is 16.9 Å². The summed E-state index contributed by atoms with van der Waals surface area (Å²) in [4.78, 5) is 20.2. The molecule has 0 aliphatic carbocycles. The van der Waals surface area contributed by atoms with Crippen molar-refractivity contribution in [1.82, 2.24) is 29.5 Å². The number of hydrogen-bond donors (Lipinski definition) is 1. The molecule has 2 aromatic carbocycles. The van der Waals surface area contributed by atoms with Crippen LogP contribution in [0.15, 0.2) is 67.4 Å². The lowest BCUT2D eigenvalue weighted by Crippen LogP contribution is -2.48. The zero-order valence-corrected chi connectivity index (χ0v) is 20.8. The third-order valence-electron chi connectivity index (χ3n) is 7.11. The van der Waals surface area contributed by atoms with Crippen LogP contribution in [0.1, 0.15) is 36.9 Å². The van der Waals surface area contributed by atoms with Gasteiger partial charge in [-0.2, -0.15) is 0 Å². The molecule has 1 N–H and O–H groups in total. The zero-order chi connectivity index (χ0) is 24.7. The van der Waals surface area contributed by atoms with Crippen LogP contribution in [0.5, 0.6) is 0 Å². The van der Waals surface area contributed by atoms with Crippen LogP contribution in [0, 0.1) is 0 Å². The lowest BCUT2D eigenvalue weighted by Gasteiger charge is -2.39. The fraction of sp³-hybridized carbons (Fsp3) is 0.393. The number of ether oxygens (including phenoxy) is 1. The molecule has 0 spiro atoms. The normalized spacial score (nSPS) is 15.8. The number of hydrogen-bond acceptors (Lipinski definition) is 6. The molecule has 4 aromatic rings. The predicted octanol–water partition coefficient (Wildman–Crippen LogP) is 3.99.